The van der Waals surface area contributed by atoms with E-state index in [4.69, 9.17) is 9.15 Å². The highest BCUT2D eigenvalue weighted by molar-refractivity contribution is 5.89. The highest BCUT2D eigenvalue weighted by Crippen LogP contribution is 2.27. The fourth-order valence-corrected chi connectivity index (χ4v) is 2.54. The summed E-state index contributed by atoms with van der Waals surface area (Å²) in [5.74, 6) is -0.411. The van der Waals surface area contributed by atoms with Gasteiger partial charge in [-0.25, -0.2) is 4.79 Å². The van der Waals surface area contributed by atoms with Gasteiger partial charge in [0.25, 0.3) is 0 Å². The third-order valence-electron chi connectivity index (χ3n) is 3.50. The van der Waals surface area contributed by atoms with Crippen LogP contribution in [0.25, 0.3) is 5.88 Å². The number of hydrogen-bond donors (Lipinski definition) is 1. The van der Waals surface area contributed by atoms with E-state index in [1.54, 1.807) is 12.1 Å². The van der Waals surface area contributed by atoms with Crippen molar-refractivity contribution < 1.29 is 19.1 Å². The van der Waals surface area contributed by atoms with Crippen molar-refractivity contribution in [2.75, 3.05) is 0 Å². The molecule has 1 aliphatic rings. The minimum atomic E-state index is -1.08. The number of carbonyl (C=O) groups is 1. The van der Waals surface area contributed by atoms with Gasteiger partial charge in [0.15, 0.2) is 11.4 Å². The number of furan rings is 1. The van der Waals surface area contributed by atoms with Gasteiger partial charge < -0.3 is 14.3 Å². The van der Waals surface area contributed by atoms with E-state index in [1.807, 2.05) is 0 Å². The van der Waals surface area contributed by atoms with Crippen molar-refractivity contribution in [3.8, 4) is 11.6 Å². The number of rotatable bonds is 4. The summed E-state index contributed by atoms with van der Waals surface area (Å²) in [5.41, 5.74) is 0.00511. The molecule has 0 bridgehead atoms. The third kappa shape index (κ3) is 2.41. The van der Waals surface area contributed by atoms with Gasteiger partial charge in [0.05, 0.1) is 18.6 Å². The first-order chi connectivity index (χ1) is 9.75. The van der Waals surface area contributed by atoms with Crippen LogP contribution in [0.1, 0.15) is 42.6 Å². The van der Waals surface area contributed by atoms with Crippen LogP contribution in [0.4, 0.5) is 0 Å². The molecule has 0 atom stereocenters. The topological polar surface area (TPSA) is 77.5 Å². The first-order valence-corrected chi connectivity index (χ1v) is 6.77. The molecule has 6 nitrogen and oxygen atoms in total. The zero-order chi connectivity index (χ0) is 13.9. The molecule has 0 spiro atoms. The van der Waals surface area contributed by atoms with Crippen LogP contribution in [-0.2, 0) is 0 Å². The van der Waals surface area contributed by atoms with Crippen LogP contribution in [-0.4, -0.2) is 27.0 Å². The number of aromatic carboxylic acids is 1. The molecule has 1 aliphatic carbocycles. The van der Waals surface area contributed by atoms with E-state index in [-0.39, 0.29) is 11.8 Å². The Hall–Kier alpha value is -2.24. The number of carboxylic acids is 1. The molecule has 0 saturated heterocycles. The number of ether oxygens (including phenoxy) is 1. The summed E-state index contributed by atoms with van der Waals surface area (Å²) in [6.07, 6.45) is 8.40. The predicted molar refractivity (Wildman–Crippen MR) is 70.3 cm³/mol. The highest BCUT2D eigenvalue weighted by Gasteiger charge is 2.24. The molecule has 0 aliphatic heterocycles. The van der Waals surface area contributed by atoms with Gasteiger partial charge in [0.1, 0.15) is 0 Å². The van der Waals surface area contributed by atoms with Crippen molar-refractivity contribution in [2.45, 2.75) is 38.2 Å². The van der Waals surface area contributed by atoms with Crippen molar-refractivity contribution in [3.05, 3.63) is 30.3 Å². The van der Waals surface area contributed by atoms with Crippen LogP contribution in [0.15, 0.2) is 29.0 Å². The van der Waals surface area contributed by atoms with E-state index in [2.05, 4.69) is 5.10 Å². The summed E-state index contributed by atoms with van der Waals surface area (Å²) >= 11 is 0. The van der Waals surface area contributed by atoms with E-state index in [9.17, 15) is 9.90 Å². The SMILES string of the molecule is O=C(O)c1c(OC2CCCCC2)cnn1-c1ccco1. The van der Waals surface area contributed by atoms with E-state index in [1.165, 1.54) is 23.6 Å². The second-order valence-electron chi connectivity index (χ2n) is 4.90. The maximum absolute atomic E-state index is 11.5. The van der Waals surface area contributed by atoms with E-state index in [0.29, 0.717) is 11.6 Å². The fourth-order valence-electron chi connectivity index (χ4n) is 2.54. The average molecular weight is 276 g/mol. The van der Waals surface area contributed by atoms with Gasteiger partial charge in [-0.2, -0.15) is 9.78 Å². The molecule has 0 unspecified atom stereocenters. The molecule has 2 heterocycles. The predicted octanol–water partition coefficient (Wildman–Crippen LogP) is 2.88. The fraction of sp³-hybridized carbons (Fsp3) is 0.429. The molecule has 0 amide bonds. The highest BCUT2D eigenvalue weighted by atomic mass is 16.5. The van der Waals surface area contributed by atoms with Crippen LogP contribution in [0.3, 0.4) is 0 Å². The van der Waals surface area contributed by atoms with E-state index >= 15 is 0 Å². The van der Waals surface area contributed by atoms with Crippen LogP contribution in [0.5, 0.6) is 5.75 Å². The zero-order valence-electron chi connectivity index (χ0n) is 11.0. The quantitative estimate of drug-likeness (QED) is 0.929. The van der Waals surface area contributed by atoms with Crippen LogP contribution in [0, 0.1) is 0 Å². The molecule has 2 aromatic heterocycles. The summed E-state index contributed by atoms with van der Waals surface area (Å²) in [6, 6.07) is 3.34. The number of hydrogen-bond acceptors (Lipinski definition) is 4. The summed E-state index contributed by atoms with van der Waals surface area (Å²) in [5, 5.41) is 13.4. The summed E-state index contributed by atoms with van der Waals surface area (Å²) in [7, 11) is 0. The standard InChI is InChI=1S/C14H16N2O4/c17-14(18)13-11(20-10-5-2-1-3-6-10)9-15-16(13)12-7-4-8-19-12/h4,7-10H,1-3,5-6H2,(H,17,18). The van der Waals surface area contributed by atoms with Crippen molar-refractivity contribution >= 4 is 5.97 Å². The van der Waals surface area contributed by atoms with Gasteiger partial charge in [-0.05, 0) is 31.7 Å². The number of carboxylic acid groups (broad SMARTS) is 1. The molecule has 3 rings (SSSR count). The van der Waals surface area contributed by atoms with Crippen molar-refractivity contribution in [1.29, 1.82) is 0 Å². The van der Waals surface area contributed by atoms with Gasteiger partial charge in [0, 0.05) is 6.07 Å². The molecular weight excluding hydrogens is 260 g/mol. The Labute approximate surface area is 116 Å². The minimum Gasteiger partial charge on any atom is -0.486 e. The molecule has 1 fully saturated rings. The maximum atomic E-state index is 11.5. The second-order valence-corrected chi connectivity index (χ2v) is 4.90. The Morgan fingerprint density at radius 3 is 2.85 bits per heavy atom. The lowest BCUT2D eigenvalue weighted by molar-refractivity contribution is 0.0675. The van der Waals surface area contributed by atoms with Gasteiger partial charge in [-0.1, -0.05) is 6.42 Å². The Bertz CT molecular complexity index is 582. The summed E-state index contributed by atoms with van der Waals surface area (Å²) < 4.78 is 12.3. The molecule has 1 saturated carbocycles. The van der Waals surface area contributed by atoms with Crippen LogP contribution < -0.4 is 4.74 Å². The summed E-state index contributed by atoms with van der Waals surface area (Å²) in [6.45, 7) is 0. The maximum Gasteiger partial charge on any atom is 0.358 e. The van der Waals surface area contributed by atoms with Crippen LogP contribution >= 0.6 is 0 Å². The molecule has 1 N–H and O–H groups in total. The van der Waals surface area contributed by atoms with Gasteiger partial charge >= 0.3 is 5.97 Å². The lowest BCUT2D eigenvalue weighted by atomic mass is 9.98. The molecule has 0 radical (unpaired) electrons. The molecule has 6 heteroatoms. The van der Waals surface area contributed by atoms with Crippen molar-refractivity contribution in [1.82, 2.24) is 9.78 Å². The van der Waals surface area contributed by atoms with E-state index < -0.39 is 5.97 Å². The Morgan fingerprint density at radius 1 is 1.40 bits per heavy atom. The van der Waals surface area contributed by atoms with Gasteiger partial charge in [-0.3, -0.25) is 0 Å². The normalized spacial score (nSPS) is 16.2. The Morgan fingerprint density at radius 2 is 2.20 bits per heavy atom. The van der Waals surface area contributed by atoms with Crippen LogP contribution in [0.2, 0.25) is 0 Å². The molecular formula is C14H16N2O4. The first-order valence-electron chi connectivity index (χ1n) is 6.77. The average Bonchev–Trinajstić information content (AvgIpc) is 3.08. The minimum absolute atomic E-state index is 0.00511. The molecule has 20 heavy (non-hydrogen) atoms. The van der Waals surface area contributed by atoms with Gasteiger partial charge in [0.2, 0.25) is 5.88 Å². The lowest BCUT2D eigenvalue weighted by Crippen LogP contribution is -2.21. The molecule has 106 valence electrons. The zero-order valence-corrected chi connectivity index (χ0v) is 11.0. The monoisotopic (exact) mass is 276 g/mol. The Balaban J connectivity index is 1.89. The number of aromatic nitrogens is 2. The van der Waals surface area contributed by atoms with Gasteiger partial charge in [-0.15, -0.1) is 0 Å². The Kier molecular flexibility index (Phi) is 3.45. The molecule has 2 aromatic rings. The lowest BCUT2D eigenvalue weighted by Gasteiger charge is -2.22. The second kappa shape index (κ2) is 5.40. The molecule has 0 aromatic carbocycles. The van der Waals surface area contributed by atoms with Crippen molar-refractivity contribution in [3.63, 3.8) is 0 Å². The first kappa shape index (κ1) is 12.8. The third-order valence-corrected chi connectivity index (χ3v) is 3.50. The largest absolute Gasteiger partial charge is 0.486 e. The smallest absolute Gasteiger partial charge is 0.358 e. The summed E-state index contributed by atoms with van der Waals surface area (Å²) in [4.78, 5) is 11.5. The van der Waals surface area contributed by atoms with Crippen molar-refractivity contribution in [2.24, 2.45) is 0 Å². The number of nitrogens with zero attached hydrogens (tertiary/aromatic N) is 2. The van der Waals surface area contributed by atoms with E-state index in [0.717, 1.165) is 25.7 Å².